The first kappa shape index (κ1) is 20.9. The lowest BCUT2D eigenvalue weighted by molar-refractivity contribution is 0.0951. The number of rotatable bonds is 6. The molecule has 3 aromatic rings. The Kier molecular flexibility index (Phi) is 6.25. The number of nitrogens with one attached hydrogen (secondary N) is 2. The second-order valence-electron chi connectivity index (χ2n) is 6.69. The summed E-state index contributed by atoms with van der Waals surface area (Å²) in [5.74, 6) is -0.295. The van der Waals surface area contributed by atoms with Crippen molar-refractivity contribution in [3.63, 3.8) is 0 Å². The van der Waals surface area contributed by atoms with Gasteiger partial charge >= 0.3 is 0 Å². The molecule has 0 atom stereocenters. The molecule has 0 aliphatic rings. The third-order valence-corrected chi connectivity index (χ3v) is 6.23. The van der Waals surface area contributed by atoms with Crippen LogP contribution in [0.4, 0.5) is 5.69 Å². The summed E-state index contributed by atoms with van der Waals surface area (Å²) in [5, 5.41) is 3.39. The molecule has 7 heteroatoms. The van der Waals surface area contributed by atoms with Crippen LogP contribution in [0.5, 0.6) is 0 Å². The van der Waals surface area contributed by atoms with Crippen molar-refractivity contribution in [3.05, 3.63) is 94.0 Å². The fourth-order valence-electron chi connectivity index (χ4n) is 2.78. The first-order valence-corrected chi connectivity index (χ1v) is 10.8. The van der Waals surface area contributed by atoms with Crippen molar-refractivity contribution in [2.24, 2.45) is 0 Å². The minimum Gasteiger partial charge on any atom is -0.348 e. The van der Waals surface area contributed by atoms with Crippen molar-refractivity contribution in [1.82, 2.24) is 5.32 Å². The topological polar surface area (TPSA) is 75.3 Å². The van der Waals surface area contributed by atoms with Crippen LogP contribution in [0.1, 0.15) is 27.0 Å². The molecule has 3 aromatic carbocycles. The number of hydrogen-bond acceptors (Lipinski definition) is 3. The number of carbonyl (C=O) groups excluding carboxylic acids is 1. The van der Waals surface area contributed by atoms with E-state index < -0.39 is 10.0 Å². The van der Waals surface area contributed by atoms with E-state index in [1.165, 1.54) is 24.3 Å². The monoisotopic (exact) mass is 428 g/mol. The van der Waals surface area contributed by atoms with Crippen LogP contribution < -0.4 is 10.0 Å². The summed E-state index contributed by atoms with van der Waals surface area (Å²) in [6.07, 6.45) is 0. The van der Waals surface area contributed by atoms with Gasteiger partial charge in [-0.2, -0.15) is 0 Å². The zero-order chi connectivity index (χ0) is 21.0. The SMILES string of the molecule is Cc1cccc(NS(=O)(=O)c2ccc(C(=O)NCc3cccc(Cl)c3)cc2)c1C. The summed E-state index contributed by atoms with van der Waals surface area (Å²) in [5.41, 5.74) is 3.65. The number of anilines is 1. The molecule has 0 saturated heterocycles. The Balaban J connectivity index is 1.70. The Bertz CT molecular complexity index is 1140. The molecule has 0 aromatic heterocycles. The summed E-state index contributed by atoms with van der Waals surface area (Å²) in [4.78, 5) is 12.4. The average Bonchev–Trinajstić information content (AvgIpc) is 2.70. The molecule has 0 radical (unpaired) electrons. The third kappa shape index (κ3) is 5.16. The van der Waals surface area contributed by atoms with Gasteiger partial charge < -0.3 is 5.32 Å². The van der Waals surface area contributed by atoms with Gasteiger partial charge in [0.2, 0.25) is 0 Å². The molecule has 0 bridgehead atoms. The summed E-state index contributed by atoms with van der Waals surface area (Å²) >= 11 is 5.94. The third-order valence-electron chi connectivity index (χ3n) is 4.62. The van der Waals surface area contributed by atoms with E-state index in [1.807, 2.05) is 32.0 Å². The van der Waals surface area contributed by atoms with E-state index in [9.17, 15) is 13.2 Å². The summed E-state index contributed by atoms with van der Waals surface area (Å²) in [7, 11) is -3.75. The number of aryl methyl sites for hydroxylation is 1. The van der Waals surface area contributed by atoms with Crippen LogP contribution in [0.25, 0.3) is 0 Å². The maximum atomic E-state index is 12.7. The van der Waals surface area contributed by atoms with E-state index in [-0.39, 0.29) is 10.8 Å². The zero-order valence-corrected chi connectivity index (χ0v) is 17.6. The lowest BCUT2D eigenvalue weighted by Crippen LogP contribution is -2.23. The Hall–Kier alpha value is -2.83. The predicted molar refractivity (Wildman–Crippen MR) is 116 cm³/mol. The van der Waals surface area contributed by atoms with Gasteiger partial charge in [0.15, 0.2) is 0 Å². The largest absolute Gasteiger partial charge is 0.348 e. The van der Waals surface area contributed by atoms with Crippen LogP contribution >= 0.6 is 11.6 Å². The maximum Gasteiger partial charge on any atom is 0.261 e. The molecule has 0 heterocycles. The van der Waals surface area contributed by atoms with E-state index in [0.29, 0.717) is 22.8 Å². The minimum atomic E-state index is -3.75. The predicted octanol–water partition coefficient (Wildman–Crippen LogP) is 4.69. The highest BCUT2D eigenvalue weighted by Crippen LogP contribution is 2.22. The van der Waals surface area contributed by atoms with Crippen LogP contribution in [0, 0.1) is 13.8 Å². The van der Waals surface area contributed by atoms with E-state index in [2.05, 4.69) is 10.0 Å². The number of carbonyl (C=O) groups is 1. The molecule has 1 amide bonds. The number of amides is 1. The van der Waals surface area contributed by atoms with Gasteiger partial charge in [0, 0.05) is 17.1 Å². The zero-order valence-electron chi connectivity index (χ0n) is 16.1. The standard InChI is InChI=1S/C22H21ClN2O3S/c1-15-5-3-8-21(16(15)2)25-29(27,28)20-11-9-18(10-12-20)22(26)24-14-17-6-4-7-19(23)13-17/h3-13,25H,14H2,1-2H3,(H,24,26). The number of benzene rings is 3. The van der Waals surface area contributed by atoms with E-state index in [1.54, 1.807) is 24.3 Å². The summed E-state index contributed by atoms with van der Waals surface area (Å²) in [6, 6.07) is 18.5. The van der Waals surface area contributed by atoms with Gasteiger partial charge in [0.1, 0.15) is 0 Å². The molecule has 0 fully saturated rings. The van der Waals surface area contributed by atoms with Gasteiger partial charge in [-0.05, 0) is 73.0 Å². The number of sulfonamides is 1. The molecular weight excluding hydrogens is 408 g/mol. The van der Waals surface area contributed by atoms with Crippen LogP contribution in [0.15, 0.2) is 71.6 Å². The second-order valence-corrected chi connectivity index (χ2v) is 8.81. The number of hydrogen-bond donors (Lipinski definition) is 2. The highest BCUT2D eigenvalue weighted by molar-refractivity contribution is 7.92. The highest BCUT2D eigenvalue weighted by Gasteiger charge is 2.16. The Morgan fingerprint density at radius 3 is 2.34 bits per heavy atom. The summed E-state index contributed by atoms with van der Waals surface area (Å²) < 4.78 is 27.9. The van der Waals surface area contributed by atoms with Crippen LogP contribution in [0.3, 0.4) is 0 Å². The molecule has 0 aliphatic heterocycles. The fraction of sp³-hybridized carbons (Fsp3) is 0.136. The molecule has 0 unspecified atom stereocenters. The quantitative estimate of drug-likeness (QED) is 0.598. The normalized spacial score (nSPS) is 11.1. The van der Waals surface area contributed by atoms with Gasteiger partial charge in [0.25, 0.3) is 15.9 Å². The van der Waals surface area contributed by atoms with Gasteiger partial charge in [-0.15, -0.1) is 0 Å². The van der Waals surface area contributed by atoms with Crippen molar-refractivity contribution in [1.29, 1.82) is 0 Å². The van der Waals surface area contributed by atoms with Gasteiger partial charge in [-0.25, -0.2) is 8.42 Å². The molecule has 0 spiro atoms. The molecular formula is C22H21ClN2O3S. The lowest BCUT2D eigenvalue weighted by atomic mass is 10.1. The van der Waals surface area contributed by atoms with Crippen molar-refractivity contribution in [2.45, 2.75) is 25.3 Å². The Morgan fingerprint density at radius 1 is 0.966 bits per heavy atom. The van der Waals surface area contributed by atoms with Gasteiger partial charge in [0.05, 0.1) is 10.6 Å². The fourth-order valence-corrected chi connectivity index (χ4v) is 4.12. The number of halogens is 1. The van der Waals surface area contributed by atoms with Crippen molar-refractivity contribution < 1.29 is 13.2 Å². The first-order chi connectivity index (χ1) is 13.8. The van der Waals surface area contributed by atoms with Crippen molar-refractivity contribution in [2.75, 3.05) is 4.72 Å². The lowest BCUT2D eigenvalue weighted by Gasteiger charge is -2.12. The second kappa shape index (κ2) is 8.68. The van der Waals surface area contributed by atoms with Crippen LogP contribution in [-0.2, 0) is 16.6 Å². The molecule has 0 saturated carbocycles. The van der Waals surface area contributed by atoms with E-state index >= 15 is 0 Å². The molecule has 2 N–H and O–H groups in total. The molecule has 5 nitrogen and oxygen atoms in total. The van der Waals surface area contributed by atoms with E-state index in [4.69, 9.17) is 11.6 Å². The Morgan fingerprint density at radius 2 is 1.66 bits per heavy atom. The van der Waals surface area contributed by atoms with Gasteiger partial charge in [-0.3, -0.25) is 9.52 Å². The van der Waals surface area contributed by atoms with Crippen LogP contribution in [0.2, 0.25) is 5.02 Å². The van der Waals surface area contributed by atoms with E-state index in [0.717, 1.165) is 16.7 Å². The summed E-state index contributed by atoms with van der Waals surface area (Å²) in [6.45, 7) is 4.11. The van der Waals surface area contributed by atoms with Crippen molar-refractivity contribution in [3.8, 4) is 0 Å². The van der Waals surface area contributed by atoms with Crippen molar-refractivity contribution >= 4 is 33.2 Å². The Labute approximate surface area is 175 Å². The highest BCUT2D eigenvalue weighted by atomic mass is 35.5. The minimum absolute atomic E-state index is 0.0878. The molecule has 3 rings (SSSR count). The molecule has 29 heavy (non-hydrogen) atoms. The first-order valence-electron chi connectivity index (χ1n) is 8.98. The average molecular weight is 429 g/mol. The maximum absolute atomic E-state index is 12.7. The molecule has 0 aliphatic carbocycles. The molecule has 150 valence electrons. The smallest absolute Gasteiger partial charge is 0.261 e. The van der Waals surface area contributed by atoms with Crippen LogP contribution in [-0.4, -0.2) is 14.3 Å². The van der Waals surface area contributed by atoms with Gasteiger partial charge in [-0.1, -0.05) is 35.9 Å².